The number of rotatable bonds is 2. The SMILES string of the molecule is CC(C)O.NC(=O)C1C2C(=O)N(c3ccc4c(c3)OCO4)C(=O)C2C2c3ccccc3C=CN12. The Bertz CT molecular complexity index is 1210. The number of ether oxygens (including phenoxy) is 2. The first-order valence-corrected chi connectivity index (χ1v) is 11.1. The van der Waals surface area contributed by atoms with Gasteiger partial charge in [-0.15, -0.1) is 0 Å². The van der Waals surface area contributed by atoms with Crippen LogP contribution in [0.3, 0.4) is 0 Å². The summed E-state index contributed by atoms with van der Waals surface area (Å²) < 4.78 is 10.7. The van der Waals surface area contributed by atoms with Crippen molar-refractivity contribution < 1.29 is 29.0 Å². The van der Waals surface area contributed by atoms with Crippen LogP contribution < -0.4 is 20.1 Å². The molecule has 3 amide bonds. The van der Waals surface area contributed by atoms with E-state index in [0.29, 0.717) is 17.2 Å². The minimum Gasteiger partial charge on any atom is -0.454 e. The van der Waals surface area contributed by atoms with E-state index in [1.165, 1.54) is 0 Å². The Balaban J connectivity index is 0.000000560. The molecule has 4 atom stereocenters. The molecular weight excluding hydrogens is 438 g/mol. The van der Waals surface area contributed by atoms with Crippen LogP contribution in [0.4, 0.5) is 5.69 Å². The average Bonchev–Trinajstić information content (AvgIpc) is 3.46. The summed E-state index contributed by atoms with van der Waals surface area (Å²) in [6, 6.07) is 11.3. The first kappa shape index (κ1) is 22.0. The van der Waals surface area contributed by atoms with E-state index in [1.807, 2.05) is 30.3 Å². The molecule has 3 N–H and O–H groups in total. The first-order chi connectivity index (χ1) is 16.3. The number of carbonyl (C=O) groups is 3. The van der Waals surface area contributed by atoms with Gasteiger partial charge >= 0.3 is 0 Å². The number of hydrogen-bond acceptors (Lipinski definition) is 7. The third kappa shape index (κ3) is 3.31. The van der Waals surface area contributed by atoms with E-state index in [-0.39, 0.29) is 18.8 Å². The van der Waals surface area contributed by atoms with Gasteiger partial charge in [0, 0.05) is 18.4 Å². The molecular formula is C25H25N3O6. The Morgan fingerprint density at radius 3 is 2.47 bits per heavy atom. The summed E-state index contributed by atoms with van der Waals surface area (Å²) in [5.41, 5.74) is 7.99. The van der Waals surface area contributed by atoms with Gasteiger partial charge in [0.2, 0.25) is 24.5 Å². The number of anilines is 1. The lowest BCUT2D eigenvalue weighted by atomic mass is 9.84. The van der Waals surface area contributed by atoms with Gasteiger partial charge in [0.1, 0.15) is 6.04 Å². The molecule has 6 rings (SSSR count). The third-order valence-corrected chi connectivity index (χ3v) is 6.37. The summed E-state index contributed by atoms with van der Waals surface area (Å²) in [4.78, 5) is 42.3. The zero-order chi connectivity index (χ0) is 24.1. The van der Waals surface area contributed by atoms with E-state index >= 15 is 0 Å². The Morgan fingerprint density at radius 2 is 1.74 bits per heavy atom. The van der Waals surface area contributed by atoms with Gasteiger partial charge in [-0.05, 0) is 43.2 Å². The molecule has 0 radical (unpaired) electrons. The lowest BCUT2D eigenvalue weighted by Gasteiger charge is -2.34. The molecule has 176 valence electrons. The maximum Gasteiger partial charge on any atom is 0.240 e. The predicted octanol–water partition coefficient (Wildman–Crippen LogP) is 1.80. The van der Waals surface area contributed by atoms with Gasteiger partial charge < -0.3 is 25.2 Å². The fourth-order valence-electron chi connectivity index (χ4n) is 5.16. The second kappa shape index (κ2) is 8.18. The number of carbonyl (C=O) groups excluding carboxylic acids is 3. The molecule has 4 aliphatic rings. The topological polar surface area (TPSA) is 122 Å². The molecule has 0 spiro atoms. The number of nitrogens with zero attached hydrogens (tertiary/aromatic N) is 2. The second-order valence-electron chi connectivity index (χ2n) is 8.88. The Morgan fingerprint density at radius 1 is 1.06 bits per heavy atom. The maximum atomic E-state index is 13.6. The summed E-state index contributed by atoms with van der Waals surface area (Å²) in [5.74, 6) is -1.90. The summed E-state index contributed by atoms with van der Waals surface area (Å²) >= 11 is 0. The van der Waals surface area contributed by atoms with Gasteiger partial charge in [0.05, 0.1) is 23.6 Å². The van der Waals surface area contributed by atoms with Crippen molar-refractivity contribution in [1.29, 1.82) is 0 Å². The number of fused-ring (bicyclic) bond motifs is 6. The molecule has 4 aliphatic heterocycles. The van der Waals surface area contributed by atoms with Crippen LogP contribution in [-0.2, 0) is 14.4 Å². The lowest BCUT2D eigenvalue weighted by Crippen LogP contribution is -2.46. The molecule has 0 aliphatic carbocycles. The zero-order valence-electron chi connectivity index (χ0n) is 18.8. The van der Waals surface area contributed by atoms with Crippen molar-refractivity contribution in [3.05, 3.63) is 59.8 Å². The number of aliphatic hydroxyl groups excluding tert-OH is 1. The standard InChI is InChI=1S/C22H17N3O5.C3H8O/c23-20(26)19-17-16(18-13-4-2-1-3-11(13)7-8-24(18)19)21(27)25(22(17)28)12-5-6-14-15(9-12)30-10-29-14;1-3(2)4/h1-9,16-19H,10H2,(H2,23,26);3-4H,1-2H3. The molecule has 2 aromatic rings. The van der Waals surface area contributed by atoms with Crippen molar-refractivity contribution in [2.45, 2.75) is 32.0 Å². The van der Waals surface area contributed by atoms with Crippen LogP contribution in [0, 0.1) is 11.8 Å². The highest BCUT2D eigenvalue weighted by Gasteiger charge is 2.64. The van der Waals surface area contributed by atoms with E-state index < -0.39 is 35.7 Å². The predicted molar refractivity (Wildman–Crippen MR) is 122 cm³/mol. The number of primary amides is 1. The van der Waals surface area contributed by atoms with Crippen LogP contribution in [0.2, 0.25) is 0 Å². The molecule has 34 heavy (non-hydrogen) atoms. The van der Waals surface area contributed by atoms with Crippen molar-refractivity contribution in [1.82, 2.24) is 4.90 Å². The Labute approximate surface area is 196 Å². The van der Waals surface area contributed by atoms with Gasteiger partial charge in [-0.2, -0.15) is 0 Å². The lowest BCUT2D eigenvalue weighted by molar-refractivity contribution is -0.129. The van der Waals surface area contributed by atoms with E-state index in [0.717, 1.165) is 16.0 Å². The fourth-order valence-corrected chi connectivity index (χ4v) is 5.16. The van der Waals surface area contributed by atoms with Gasteiger partial charge in [-0.25, -0.2) is 4.90 Å². The van der Waals surface area contributed by atoms with Crippen LogP contribution in [0.25, 0.3) is 6.08 Å². The molecule has 4 heterocycles. The van der Waals surface area contributed by atoms with Gasteiger partial charge in [0.15, 0.2) is 11.5 Å². The normalized spacial score (nSPS) is 25.6. The quantitative estimate of drug-likeness (QED) is 0.651. The molecule has 2 saturated heterocycles. The second-order valence-corrected chi connectivity index (χ2v) is 8.88. The highest BCUT2D eigenvalue weighted by Crippen LogP contribution is 2.53. The van der Waals surface area contributed by atoms with Crippen molar-refractivity contribution in [2.75, 3.05) is 11.7 Å². The Kier molecular flexibility index (Phi) is 5.28. The summed E-state index contributed by atoms with van der Waals surface area (Å²) in [6.07, 6.45) is 3.49. The van der Waals surface area contributed by atoms with E-state index in [4.69, 9.17) is 20.3 Å². The van der Waals surface area contributed by atoms with Gasteiger partial charge in [0.25, 0.3) is 0 Å². The first-order valence-electron chi connectivity index (χ1n) is 11.1. The van der Waals surface area contributed by atoms with Gasteiger partial charge in [-0.3, -0.25) is 14.4 Å². The van der Waals surface area contributed by atoms with E-state index in [2.05, 4.69) is 0 Å². The molecule has 0 saturated carbocycles. The smallest absolute Gasteiger partial charge is 0.240 e. The number of benzene rings is 2. The summed E-state index contributed by atoms with van der Waals surface area (Å²) in [5, 5.41) is 8.06. The molecule has 4 unspecified atom stereocenters. The summed E-state index contributed by atoms with van der Waals surface area (Å²) in [6.45, 7) is 3.54. The maximum absolute atomic E-state index is 13.6. The van der Waals surface area contributed by atoms with Crippen molar-refractivity contribution in [2.24, 2.45) is 17.6 Å². The molecule has 0 bridgehead atoms. The number of amides is 3. The van der Waals surface area contributed by atoms with Crippen LogP contribution in [0.1, 0.15) is 31.0 Å². The Hall–Kier alpha value is -3.85. The monoisotopic (exact) mass is 463 g/mol. The minimum absolute atomic E-state index is 0.0931. The highest BCUT2D eigenvalue weighted by atomic mass is 16.7. The van der Waals surface area contributed by atoms with E-state index in [1.54, 1.807) is 43.1 Å². The van der Waals surface area contributed by atoms with Crippen LogP contribution in [-0.4, -0.2) is 46.7 Å². The minimum atomic E-state index is -0.889. The van der Waals surface area contributed by atoms with Crippen molar-refractivity contribution >= 4 is 29.5 Å². The molecule has 9 heteroatoms. The fraction of sp³-hybridized carbons (Fsp3) is 0.320. The van der Waals surface area contributed by atoms with Crippen molar-refractivity contribution in [3.63, 3.8) is 0 Å². The number of aliphatic hydroxyl groups is 1. The van der Waals surface area contributed by atoms with Crippen LogP contribution in [0.15, 0.2) is 48.7 Å². The number of imide groups is 1. The molecule has 2 aromatic carbocycles. The summed E-state index contributed by atoms with van der Waals surface area (Å²) in [7, 11) is 0. The average molecular weight is 463 g/mol. The number of nitrogens with two attached hydrogens (primary N) is 1. The zero-order valence-corrected chi connectivity index (χ0v) is 18.8. The van der Waals surface area contributed by atoms with Gasteiger partial charge in [-0.1, -0.05) is 24.3 Å². The molecule has 0 aromatic heterocycles. The van der Waals surface area contributed by atoms with Crippen LogP contribution >= 0.6 is 0 Å². The number of hydrogen-bond donors (Lipinski definition) is 2. The third-order valence-electron chi connectivity index (χ3n) is 6.37. The van der Waals surface area contributed by atoms with Crippen molar-refractivity contribution in [3.8, 4) is 11.5 Å². The molecule has 9 nitrogen and oxygen atoms in total. The molecule has 2 fully saturated rings. The highest BCUT2D eigenvalue weighted by molar-refractivity contribution is 6.24. The largest absolute Gasteiger partial charge is 0.454 e. The van der Waals surface area contributed by atoms with Crippen LogP contribution in [0.5, 0.6) is 11.5 Å². The van der Waals surface area contributed by atoms with E-state index in [9.17, 15) is 14.4 Å².